The Balaban J connectivity index is 0.00000120. The quantitative estimate of drug-likeness (QED) is 0.137. The molecule has 1 unspecified atom stereocenters. The second-order valence-electron chi connectivity index (χ2n) is 11.3. The maximum atomic E-state index is 14.3. The minimum absolute atomic E-state index is 0.0370. The van der Waals surface area contributed by atoms with Crippen molar-refractivity contribution in [2.45, 2.75) is 33.2 Å². The van der Waals surface area contributed by atoms with E-state index in [1.165, 1.54) is 17.4 Å². The number of allylic oxidation sites excluding steroid dienone is 1. The van der Waals surface area contributed by atoms with Gasteiger partial charge >= 0.3 is 5.97 Å². The molecule has 3 heterocycles. The van der Waals surface area contributed by atoms with E-state index in [9.17, 15) is 9.59 Å². The van der Waals surface area contributed by atoms with Gasteiger partial charge in [0.2, 0.25) is 0 Å². The highest BCUT2D eigenvalue weighted by molar-refractivity contribution is 7.07. The fourth-order valence-electron chi connectivity index (χ4n) is 5.40. The Hall–Kier alpha value is -6.01. The lowest BCUT2D eigenvalue weighted by Gasteiger charge is -2.24. The molecule has 12 heteroatoms. The monoisotopic (exact) mass is 706 g/mol. The molecule has 0 amide bonds. The average molecular weight is 707 g/mol. The number of hydrogen-bond donors (Lipinski definition) is 1. The number of aliphatic carboxylic acids is 1. The molecule has 0 fully saturated rings. The molecule has 0 saturated heterocycles. The molecule has 0 bridgehead atoms. The SMILES string of the molecule is C=CCOC(=O)C1=C(C)N=c2s/c(=C\c3cn(-c4ccccc4)nc3-c3ccc(OCCC)cc3)c(=O)n2C1c1ccc(OC)cc1.CC(=O)O. The van der Waals surface area contributed by atoms with Crippen molar-refractivity contribution in [2.24, 2.45) is 4.99 Å². The zero-order chi connectivity index (χ0) is 36.5. The summed E-state index contributed by atoms with van der Waals surface area (Å²) in [5, 5.41) is 12.3. The smallest absolute Gasteiger partial charge is 0.338 e. The third kappa shape index (κ3) is 8.42. The fourth-order valence-corrected chi connectivity index (χ4v) is 6.43. The van der Waals surface area contributed by atoms with Crippen molar-refractivity contribution >= 4 is 29.4 Å². The Morgan fingerprint density at radius 3 is 2.31 bits per heavy atom. The van der Waals surface area contributed by atoms with Gasteiger partial charge in [-0.2, -0.15) is 5.10 Å². The van der Waals surface area contributed by atoms with E-state index in [1.54, 1.807) is 35.4 Å². The first-order chi connectivity index (χ1) is 24.6. The zero-order valence-corrected chi connectivity index (χ0v) is 29.6. The van der Waals surface area contributed by atoms with E-state index in [0.717, 1.165) is 41.5 Å². The van der Waals surface area contributed by atoms with Crippen molar-refractivity contribution in [3.63, 3.8) is 0 Å². The van der Waals surface area contributed by atoms with Crippen LogP contribution in [0.5, 0.6) is 11.5 Å². The highest BCUT2D eigenvalue weighted by Crippen LogP contribution is 2.32. The van der Waals surface area contributed by atoms with Crippen molar-refractivity contribution < 1.29 is 28.9 Å². The average Bonchev–Trinajstić information content (AvgIpc) is 3.69. The number of carbonyl (C=O) groups is 2. The van der Waals surface area contributed by atoms with Crippen LogP contribution in [-0.2, 0) is 14.3 Å². The Morgan fingerprint density at radius 2 is 1.69 bits per heavy atom. The van der Waals surface area contributed by atoms with Crippen molar-refractivity contribution in [1.82, 2.24) is 14.3 Å². The summed E-state index contributed by atoms with van der Waals surface area (Å²) in [6, 6.07) is 24.1. The number of carboxylic acids is 1. The number of carbonyl (C=O) groups excluding carboxylic acids is 1. The van der Waals surface area contributed by atoms with Gasteiger partial charge in [-0.15, -0.1) is 0 Å². The summed E-state index contributed by atoms with van der Waals surface area (Å²) in [5.74, 6) is 0.0499. The summed E-state index contributed by atoms with van der Waals surface area (Å²) in [6.07, 6.45) is 6.17. The highest BCUT2D eigenvalue weighted by Gasteiger charge is 2.33. The van der Waals surface area contributed by atoms with Gasteiger partial charge in [-0.1, -0.05) is 61.2 Å². The molecule has 51 heavy (non-hydrogen) atoms. The number of aromatic nitrogens is 3. The highest BCUT2D eigenvalue weighted by atomic mass is 32.1. The van der Waals surface area contributed by atoms with Gasteiger partial charge < -0.3 is 19.3 Å². The number of ether oxygens (including phenoxy) is 3. The first kappa shape index (κ1) is 36.3. The number of methoxy groups -OCH3 is 1. The van der Waals surface area contributed by atoms with Gasteiger partial charge in [-0.25, -0.2) is 14.5 Å². The van der Waals surface area contributed by atoms with Crippen LogP contribution in [0.4, 0.5) is 0 Å². The number of rotatable bonds is 11. The van der Waals surface area contributed by atoms with Crippen LogP contribution in [0, 0.1) is 0 Å². The summed E-state index contributed by atoms with van der Waals surface area (Å²) in [4.78, 5) is 41.9. The van der Waals surface area contributed by atoms with Crippen molar-refractivity contribution in [3.8, 4) is 28.4 Å². The molecule has 11 nitrogen and oxygen atoms in total. The first-order valence-electron chi connectivity index (χ1n) is 16.2. The van der Waals surface area contributed by atoms with E-state index < -0.39 is 18.0 Å². The summed E-state index contributed by atoms with van der Waals surface area (Å²) < 4.78 is 20.4. The number of thiazole rings is 1. The lowest BCUT2D eigenvalue weighted by atomic mass is 9.96. The Morgan fingerprint density at radius 1 is 1.02 bits per heavy atom. The van der Waals surface area contributed by atoms with Gasteiger partial charge in [-0.05, 0) is 73.5 Å². The lowest BCUT2D eigenvalue weighted by Crippen LogP contribution is -2.39. The van der Waals surface area contributed by atoms with Crippen LogP contribution in [0.2, 0.25) is 0 Å². The summed E-state index contributed by atoms with van der Waals surface area (Å²) in [6.45, 7) is 9.23. The van der Waals surface area contributed by atoms with Gasteiger partial charge in [0.25, 0.3) is 11.5 Å². The standard InChI is InChI=1S/C37H34N4O5S.C2H4O2/c1-5-20-45-30-18-12-25(13-19-30)33-27(23-40(39-33)28-10-8-7-9-11-28)22-31-35(42)41-34(26-14-16-29(44-4)17-15-26)32(36(43)46-21-6-2)24(3)38-37(41)47-31;1-2(3)4/h6-19,22-23,34H,2,5,20-21H2,1,3-4H3;1H3,(H,3,4)/b31-22-;. The number of esters is 1. The van der Waals surface area contributed by atoms with Crippen LogP contribution in [0.3, 0.4) is 0 Å². The van der Waals surface area contributed by atoms with Gasteiger partial charge in [0.15, 0.2) is 4.80 Å². The van der Waals surface area contributed by atoms with Crippen molar-refractivity contribution in [2.75, 3.05) is 20.3 Å². The Kier molecular flexibility index (Phi) is 11.8. The van der Waals surface area contributed by atoms with E-state index in [1.807, 2.05) is 79.0 Å². The van der Waals surface area contributed by atoms with Crippen molar-refractivity contribution in [3.05, 3.63) is 140 Å². The fraction of sp³-hybridized carbons (Fsp3) is 0.205. The molecule has 1 aliphatic rings. The molecular formula is C39H38N4O7S. The minimum Gasteiger partial charge on any atom is -0.497 e. The topological polar surface area (TPSA) is 134 Å². The second kappa shape index (κ2) is 16.6. The van der Waals surface area contributed by atoms with Gasteiger partial charge in [-0.3, -0.25) is 14.2 Å². The molecule has 2 aromatic heterocycles. The van der Waals surface area contributed by atoms with E-state index >= 15 is 0 Å². The summed E-state index contributed by atoms with van der Waals surface area (Å²) in [5.41, 5.74) is 4.44. The summed E-state index contributed by atoms with van der Waals surface area (Å²) >= 11 is 1.26. The van der Waals surface area contributed by atoms with Crippen LogP contribution in [0.15, 0.2) is 119 Å². The second-order valence-corrected chi connectivity index (χ2v) is 12.4. The van der Waals surface area contributed by atoms with E-state index in [-0.39, 0.29) is 12.2 Å². The molecule has 6 rings (SSSR count). The van der Waals surface area contributed by atoms with Crippen LogP contribution in [0.25, 0.3) is 23.0 Å². The van der Waals surface area contributed by atoms with Crippen LogP contribution in [0.1, 0.15) is 44.4 Å². The Labute approximate surface area is 298 Å². The van der Waals surface area contributed by atoms with Crippen molar-refractivity contribution in [1.29, 1.82) is 0 Å². The van der Waals surface area contributed by atoms with Crippen LogP contribution < -0.4 is 24.4 Å². The zero-order valence-electron chi connectivity index (χ0n) is 28.7. The molecule has 1 atom stereocenters. The minimum atomic E-state index is -0.833. The van der Waals surface area contributed by atoms with Gasteiger partial charge in [0.1, 0.15) is 23.8 Å². The molecule has 1 N–H and O–H groups in total. The molecular weight excluding hydrogens is 669 g/mol. The third-order valence-electron chi connectivity index (χ3n) is 7.66. The number of fused-ring (bicyclic) bond motifs is 1. The lowest BCUT2D eigenvalue weighted by molar-refractivity contribution is -0.138. The number of carboxylic acid groups (broad SMARTS) is 1. The molecule has 1 aliphatic heterocycles. The largest absolute Gasteiger partial charge is 0.497 e. The number of benzene rings is 3. The van der Waals surface area contributed by atoms with Gasteiger partial charge in [0.05, 0.1) is 41.2 Å². The Bertz CT molecular complexity index is 2230. The predicted molar refractivity (Wildman–Crippen MR) is 196 cm³/mol. The van der Waals surface area contributed by atoms with Gasteiger partial charge in [0, 0.05) is 24.2 Å². The molecule has 0 saturated carbocycles. The van der Waals surface area contributed by atoms with E-state index in [2.05, 4.69) is 13.5 Å². The molecule has 0 radical (unpaired) electrons. The molecule has 0 aliphatic carbocycles. The number of para-hydroxylation sites is 1. The van der Waals surface area contributed by atoms with E-state index in [0.29, 0.717) is 38.7 Å². The maximum Gasteiger partial charge on any atom is 0.338 e. The number of nitrogens with zero attached hydrogens (tertiary/aromatic N) is 4. The van der Waals surface area contributed by atoms with Crippen LogP contribution in [-0.4, -0.2) is 51.7 Å². The van der Waals surface area contributed by atoms with E-state index in [4.69, 9.17) is 34.2 Å². The molecule has 3 aromatic carbocycles. The number of hydrogen-bond acceptors (Lipinski definition) is 9. The first-order valence-corrected chi connectivity index (χ1v) is 17.0. The third-order valence-corrected chi connectivity index (χ3v) is 8.64. The predicted octanol–water partition coefficient (Wildman–Crippen LogP) is 5.71. The normalized spacial score (nSPS) is 13.7. The van der Waals surface area contributed by atoms with Crippen LogP contribution >= 0.6 is 11.3 Å². The molecule has 262 valence electrons. The maximum absolute atomic E-state index is 14.3. The molecule has 0 spiro atoms. The summed E-state index contributed by atoms with van der Waals surface area (Å²) in [7, 11) is 1.59. The molecule has 5 aromatic rings.